The molecule has 0 aromatic heterocycles. The first-order valence-corrected chi connectivity index (χ1v) is 4.50. The van der Waals surface area contributed by atoms with Gasteiger partial charge in [-0.05, 0) is 25.5 Å². The van der Waals surface area contributed by atoms with Crippen molar-refractivity contribution in [2.45, 2.75) is 12.5 Å². The van der Waals surface area contributed by atoms with Gasteiger partial charge in [-0.15, -0.1) is 0 Å². The van der Waals surface area contributed by atoms with Gasteiger partial charge < -0.3 is 10.4 Å². The lowest BCUT2D eigenvalue weighted by atomic mass is 10.2. The third-order valence-corrected chi connectivity index (χ3v) is 1.90. The summed E-state index contributed by atoms with van der Waals surface area (Å²) in [6.45, 7) is 0. The van der Waals surface area contributed by atoms with Crippen molar-refractivity contribution in [1.29, 1.82) is 0 Å². The average molecular weight is 164 g/mol. The molecule has 0 bridgehead atoms. The minimum atomic E-state index is -0.767. The van der Waals surface area contributed by atoms with Crippen molar-refractivity contribution in [3.8, 4) is 0 Å². The van der Waals surface area contributed by atoms with Gasteiger partial charge in [0, 0.05) is 0 Å². The van der Waals surface area contributed by atoms with E-state index >= 15 is 0 Å². The summed E-state index contributed by atoms with van der Waals surface area (Å²) in [6.07, 6.45) is 2.65. The maximum absolute atomic E-state index is 10.4. The lowest BCUT2D eigenvalue weighted by Crippen LogP contribution is -2.34. The number of hydrogen-bond donors (Lipinski definition) is 2. The Kier molecular flexibility index (Phi) is 5.43. The first-order valence-electron chi connectivity index (χ1n) is 3.11. The van der Waals surface area contributed by atoms with Crippen LogP contribution < -0.4 is 5.32 Å². The summed E-state index contributed by atoms with van der Waals surface area (Å²) in [5.41, 5.74) is 0. The molecule has 10 heavy (non-hydrogen) atoms. The molecule has 0 aliphatic rings. The van der Waals surface area contributed by atoms with Gasteiger partial charge in [0.05, 0.1) is 0 Å². The minimum Gasteiger partial charge on any atom is -0.480 e. The zero-order valence-electron chi connectivity index (χ0n) is 6.26. The van der Waals surface area contributed by atoms with E-state index in [0.717, 1.165) is 5.75 Å². The molecule has 0 unspecified atom stereocenters. The van der Waals surface area contributed by atoms with Crippen LogP contribution in [-0.4, -0.2) is 36.2 Å². The van der Waals surface area contributed by atoms with Gasteiger partial charge >= 0.3 is 5.97 Å². The lowest BCUT2D eigenvalue weighted by molar-refractivity contribution is -0.139. The Labute approximate surface area is 65.2 Å². The summed E-state index contributed by atoms with van der Waals surface area (Å²) in [5.74, 6) is 0.120. The third-order valence-electron chi connectivity index (χ3n) is 1.26. The van der Waals surface area contributed by atoms with E-state index in [1.807, 2.05) is 6.26 Å². The van der Waals surface area contributed by atoms with E-state index in [1.54, 1.807) is 18.8 Å². The van der Waals surface area contributed by atoms with Gasteiger partial charge in [-0.3, -0.25) is 4.79 Å². The Bertz CT molecular complexity index is 108. The van der Waals surface area contributed by atoms with Crippen LogP contribution in [-0.2, 0) is 4.79 Å². The topological polar surface area (TPSA) is 49.3 Å². The maximum atomic E-state index is 10.4. The molecule has 0 spiro atoms. The minimum absolute atomic E-state index is 0.382. The molecule has 1 atom stereocenters. The summed E-state index contributed by atoms with van der Waals surface area (Å²) in [5, 5.41) is 11.3. The van der Waals surface area contributed by atoms with Crippen LogP contribution in [0.15, 0.2) is 0 Å². The molecule has 0 saturated carbocycles. The second-order valence-corrected chi connectivity index (χ2v) is 2.95. The van der Waals surface area contributed by atoms with Crippen molar-refractivity contribution in [1.82, 2.24) is 5.32 Å². The highest BCUT2D eigenvalue weighted by molar-refractivity contribution is 7.98. The zero-order chi connectivity index (χ0) is 7.98. The van der Waals surface area contributed by atoms with E-state index in [4.69, 9.17) is 5.11 Å². The summed E-state index contributed by atoms with van der Waals surface area (Å²) in [7, 11) is 1.67. The van der Waals surface area contributed by atoms with E-state index in [-0.39, 0.29) is 6.04 Å². The van der Waals surface area contributed by atoms with Gasteiger partial charge in [0.25, 0.3) is 0 Å². The van der Waals surface area contributed by atoms with Crippen LogP contribution in [0.4, 0.5) is 0 Å². The van der Waals surface area contributed by atoms with Crippen LogP contribution in [0.1, 0.15) is 6.42 Å². The molecule has 0 saturated heterocycles. The predicted molar refractivity (Wildman–Crippen MR) is 43.5 cm³/mol. The molecular formula is C6H13NO2S. The first-order chi connectivity index (χ1) is 4.72. The number of rotatable bonds is 5. The van der Waals surface area contributed by atoms with Gasteiger partial charge in [-0.1, -0.05) is 0 Å². The van der Waals surface area contributed by atoms with E-state index in [9.17, 15) is 4.79 Å². The Morgan fingerprint density at radius 1 is 1.80 bits per heavy atom. The fourth-order valence-corrected chi connectivity index (χ4v) is 1.10. The molecule has 60 valence electrons. The summed E-state index contributed by atoms with van der Waals surface area (Å²) in [4.78, 5) is 10.4. The summed E-state index contributed by atoms with van der Waals surface area (Å²) < 4.78 is 0. The third kappa shape index (κ3) is 3.74. The van der Waals surface area contributed by atoms with Crippen LogP contribution in [0, 0.1) is 0 Å². The molecular weight excluding hydrogens is 151 g/mol. The Morgan fingerprint density at radius 2 is 2.40 bits per heavy atom. The number of thioether (sulfide) groups is 1. The Hall–Kier alpha value is -0.220. The molecule has 3 nitrogen and oxygen atoms in total. The van der Waals surface area contributed by atoms with Crippen LogP contribution in [0.3, 0.4) is 0 Å². The molecule has 0 aliphatic carbocycles. The number of carboxylic acids is 1. The Balaban J connectivity index is 3.50. The quantitative estimate of drug-likeness (QED) is 0.578. The van der Waals surface area contributed by atoms with Crippen molar-refractivity contribution in [2.24, 2.45) is 0 Å². The van der Waals surface area contributed by atoms with Gasteiger partial charge in [0.2, 0.25) is 0 Å². The van der Waals surface area contributed by atoms with Crippen molar-refractivity contribution < 1.29 is 9.90 Å². The maximum Gasteiger partial charge on any atom is 0.320 e. The van der Waals surface area contributed by atoms with Crippen molar-refractivity contribution in [3.05, 3.63) is 0 Å². The largest absolute Gasteiger partial charge is 0.480 e. The molecule has 0 fully saturated rings. The van der Waals surface area contributed by atoms with E-state index in [1.165, 1.54) is 0 Å². The highest BCUT2D eigenvalue weighted by Crippen LogP contribution is 1.99. The van der Waals surface area contributed by atoms with Crippen molar-refractivity contribution in [3.63, 3.8) is 0 Å². The fourth-order valence-electron chi connectivity index (χ4n) is 0.627. The lowest BCUT2D eigenvalue weighted by Gasteiger charge is -2.08. The molecule has 0 rings (SSSR count). The van der Waals surface area contributed by atoms with Crippen LogP contribution in [0.5, 0.6) is 0 Å². The second-order valence-electron chi connectivity index (χ2n) is 1.96. The van der Waals surface area contributed by atoms with Gasteiger partial charge in [0.1, 0.15) is 6.04 Å². The van der Waals surface area contributed by atoms with Crippen LogP contribution in [0.2, 0.25) is 0 Å². The van der Waals surface area contributed by atoms with E-state index < -0.39 is 5.97 Å². The molecule has 2 N–H and O–H groups in total. The number of nitrogens with one attached hydrogen (secondary N) is 1. The average Bonchev–Trinajstić information content (AvgIpc) is 1.89. The normalized spacial score (nSPS) is 13.0. The highest BCUT2D eigenvalue weighted by Gasteiger charge is 2.12. The molecule has 4 heteroatoms. The number of likely N-dealkylation sites (N-methyl/N-ethyl adjacent to an activating group) is 1. The fraction of sp³-hybridized carbons (Fsp3) is 0.833. The molecule has 0 aromatic carbocycles. The zero-order valence-corrected chi connectivity index (χ0v) is 7.07. The summed E-state index contributed by atoms with van der Waals surface area (Å²) >= 11 is 1.66. The number of carbonyl (C=O) groups is 1. The first kappa shape index (κ1) is 9.78. The molecule has 0 radical (unpaired) electrons. The molecule has 0 heterocycles. The second kappa shape index (κ2) is 5.56. The van der Waals surface area contributed by atoms with Crippen molar-refractivity contribution >= 4 is 17.7 Å². The highest BCUT2D eigenvalue weighted by atomic mass is 32.2. The van der Waals surface area contributed by atoms with Gasteiger partial charge in [-0.2, -0.15) is 11.8 Å². The van der Waals surface area contributed by atoms with Crippen LogP contribution in [0.25, 0.3) is 0 Å². The monoisotopic (exact) mass is 164 g/mol. The summed E-state index contributed by atoms with van der Waals surface area (Å²) in [6, 6.07) is -0.382. The number of carboxylic acid groups (broad SMARTS) is 1. The van der Waals surface area contributed by atoms with Crippen LogP contribution >= 0.6 is 11.8 Å². The molecule has 0 aromatic rings. The molecule has 0 amide bonds. The number of hydrogen-bond acceptors (Lipinski definition) is 3. The molecule has 0 aliphatic heterocycles. The SMILES string of the molecule is CSCC[C@H](N[13CH3])C(=O)O. The van der Waals surface area contributed by atoms with E-state index in [2.05, 4.69) is 5.32 Å². The standard InChI is InChI=1S/C6H13NO2S/c1-7-5(6(8)9)3-4-10-2/h5,7H,3-4H2,1-2H3,(H,8,9)/t5-/m0/s1/i1+1. The van der Waals surface area contributed by atoms with Gasteiger partial charge in [-0.25, -0.2) is 0 Å². The van der Waals surface area contributed by atoms with Crippen molar-refractivity contribution in [2.75, 3.05) is 19.1 Å². The van der Waals surface area contributed by atoms with Gasteiger partial charge in [0.15, 0.2) is 0 Å². The van der Waals surface area contributed by atoms with E-state index in [0.29, 0.717) is 6.42 Å². The predicted octanol–water partition coefficient (Wildman–Crippen LogP) is 0.412. The smallest absolute Gasteiger partial charge is 0.320 e. The Morgan fingerprint density at radius 3 is 2.70 bits per heavy atom. The number of aliphatic carboxylic acids is 1.